The normalized spacial score (nSPS) is 12.6. The van der Waals surface area contributed by atoms with Crippen LogP contribution in [0, 0.1) is 0 Å². The first kappa shape index (κ1) is 15.4. The molecular formula is C10H18O5S. The van der Waals surface area contributed by atoms with Crippen LogP contribution in [0.25, 0.3) is 0 Å². The van der Waals surface area contributed by atoms with E-state index >= 15 is 0 Å². The van der Waals surface area contributed by atoms with Crippen LogP contribution in [0.3, 0.4) is 0 Å². The van der Waals surface area contributed by atoms with Crippen molar-refractivity contribution in [2.45, 2.75) is 26.2 Å². The second-order valence-corrected chi connectivity index (χ2v) is 4.22. The zero-order valence-corrected chi connectivity index (χ0v) is 10.8. The third-order valence-electron chi connectivity index (χ3n) is 1.81. The minimum atomic E-state index is -0.683. The number of hydrogen-bond acceptors (Lipinski definition) is 6. The summed E-state index contributed by atoms with van der Waals surface area (Å²) in [6.45, 7) is 2.69. The molecule has 0 aromatic rings. The fourth-order valence-electron chi connectivity index (χ4n) is 0.938. The molecule has 5 nitrogen and oxygen atoms in total. The third-order valence-corrected chi connectivity index (χ3v) is 2.86. The molecule has 0 aromatic carbocycles. The molecule has 0 N–H and O–H groups in total. The second-order valence-electron chi connectivity index (χ2n) is 3.15. The van der Waals surface area contributed by atoms with Gasteiger partial charge in [0, 0.05) is 32.6 Å². The average Bonchev–Trinajstić information content (AvgIpc) is 2.22. The number of methoxy groups -OCH3 is 2. The lowest BCUT2D eigenvalue weighted by Gasteiger charge is -2.16. The van der Waals surface area contributed by atoms with Gasteiger partial charge in [0.1, 0.15) is 0 Å². The first-order valence-corrected chi connectivity index (χ1v) is 5.97. The number of carbonyl (C=O) groups excluding carboxylic acids is 2. The van der Waals surface area contributed by atoms with Gasteiger partial charge in [-0.05, 0) is 6.92 Å². The molecule has 0 aromatic heterocycles. The summed E-state index contributed by atoms with van der Waals surface area (Å²) in [5, 5.41) is 0. The van der Waals surface area contributed by atoms with E-state index in [9.17, 15) is 9.59 Å². The Bertz CT molecular complexity index is 227. The second kappa shape index (κ2) is 8.55. The quantitative estimate of drug-likeness (QED) is 0.470. The largest absolute Gasteiger partial charge is 0.454 e. The van der Waals surface area contributed by atoms with Crippen LogP contribution in [0.2, 0.25) is 0 Å². The van der Waals surface area contributed by atoms with Crippen LogP contribution < -0.4 is 0 Å². The smallest absolute Gasteiger partial charge is 0.303 e. The molecule has 6 heteroatoms. The van der Waals surface area contributed by atoms with Gasteiger partial charge in [0.25, 0.3) is 0 Å². The lowest BCUT2D eigenvalue weighted by Crippen LogP contribution is -2.27. The zero-order valence-electron chi connectivity index (χ0n) is 10.0. The highest BCUT2D eigenvalue weighted by molar-refractivity contribution is 7.99. The van der Waals surface area contributed by atoms with Gasteiger partial charge in [-0.15, -0.1) is 0 Å². The van der Waals surface area contributed by atoms with Crippen LogP contribution in [-0.2, 0) is 23.8 Å². The molecule has 0 radical (unpaired) electrons. The van der Waals surface area contributed by atoms with Crippen molar-refractivity contribution in [2.24, 2.45) is 0 Å². The lowest BCUT2D eigenvalue weighted by atomic mass is 10.3. The minimum absolute atomic E-state index is 0.158. The van der Waals surface area contributed by atoms with E-state index in [2.05, 4.69) is 0 Å². The summed E-state index contributed by atoms with van der Waals surface area (Å²) in [5.74, 6) is 0.390. The van der Waals surface area contributed by atoms with Crippen LogP contribution in [0.15, 0.2) is 0 Å². The van der Waals surface area contributed by atoms with Crippen LogP contribution >= 0.6 is 11.8 Å². The Balaban J connectivity index is 3.93. The summed E-state index contributed by atoms with van der Waals surface area (Å²) in [6.07, 6.45) is -0.994. The van der Waals surface area contributed by atoms with E-state index in [0.29, 0.717) is 11.5 Å². The number of carbonyl (C=O) groups is 2. The Morgan fingerprint density at radius 1 is 1.12 bits per heavy atom. The molecule has 94 valence electrons. The Morgan fingerprint density at radius 2 is 1.69 bits per heavy atom. The highest BCUT2D eigenvalue weighted by Crippen LogP contribution is 2.10. The Morgan fingerprint density at radius 3 is 2.06 bits per heavy atom. The maximum absolute atomic E-state index is 11.1. The molecule has 1 unspecified atom stereocenters. The number of hydrogen-bond donors (Lipinski definition) is 0. The van der Waals surface area contributed by atoms with Gasteiger partial charge in [-0.1, -0.05) is 0 Å². The number of ketones is 1. The summed E-state index contributed by atoms with van der Waals surface area (Å²) < 4.78 is 14.8. The highest BCUT2D eigenvalue weighted by atomic mass is 32.2. The average molecular weight is 250 g/mol. The molecule has 0 amide bonds. The van der Waals surface area contributed by atoms with Gasteiger partial charge in [-0.25, -0.2) is 0 Å². The molecule has 0 spiro atoms. The van der Waals surface area contributed by atoms with E-state index in [0.717, 1.165) is 0 Å². The van der Waals surface area contributed by atoms with E-state index in [1.165, 1.54) is 25.6 Å². The standard InChI is InChI=1S/C10H18O5S/c1-7(11)9(15-8(2)12)5-16-6-10(13-3)14-4/h9-10H,5-6H2,1-4H3. The van der Waals surface area contributed by atoms with E-state index in [-0.39, 0.29) is 12.1 Å². The summed E-state index contributed by atoms with van der Waals surface area (Å²) >= 11 is 1.44. The molecule has 0 heterocycles. The maximum Gasteiger partial charge on any atom is 0.303 e. The Labute approximate surface area is 99.8 Å². The van der Waals surface area contributed by atoms with Crippen molar-refractivity contribution in [1.82, 2.24) is 0 Å². The molecule has 0 saturated heterocycles. The predicted molar refractivity (Wildman–Crippen MR) is 61.4 cm³/mol. The summed E-state index contributed by atoms with van der Waals surface area (Å²) in [5.41, 5.74) is 0. The fourth-order valence-corrected chi connectivity index (χ4v) is 2.06. The number of rotatable bonds is 8. The van der Waals surface area contributed by atoms with Gasteiger partial charge in [-0.3, -0.25) is 9.59 Å². The molecular weight excluding hydrogens is 232 g/mol. The van der Waals surface area contributed by atoms with Crippen molar-refractivity contribution >= 4 is 23.5 Å². The molecule has 0 fully saturated rings. The van der Waals surface area contributed by atoms with Crippen LogP contribution in [0.5, 0.6) is 0 Å². The summed E-state index contributed by atoms with van der Waals surface area (Å²) in [6, 6.07) is 0. The maximum atomic E-state index is 11.1. The topological polar surface area (TPSA) is 61.8 Å². The summed E-state index contributed by atoms with van der Waals surface area (Å²) in [7, 11) is 3.09. The molecule has 0 saturated carbocycles. The lowest BCUT2D eigenvalue weighted by molar-refractivity contribution is -0.150. The number of ether oxygens (including phenoxy) is 3. The zero-order chi connectivity index (χ0) is 12.6. The number of Topliss-reactive ketones (excluding diaryl/α,β-unsaturated/α-hetero) is 1. The highest BCUT2D eigenvalue weighted by Gasteiger charge is 2.18. The molecule has 1 atom stereocenters. The van der Waals surface area contributed by atoms with Gasteiger partial charge in [0.2, 0.25) is 0 Å². The van der Waals surface area contributed by atoms with Gasteiger partial charge < -0.3 is 14.2 Å². The van der Waals surface area contributed by atoms with Crippen LogP contribution in [-0.4, -0.2) is 49.9 Å². The van der Waals surface area contributed by atoms with E-state index in [4.69, 9.17) is 14.2 Å². The molecule has 0 aliphatic carbocycles. The van der Waals surface area contributed by atoms with Gasteiger partial charge in [0.05, 0.1) is 0 Å². The van der Waals surface area contributed by atoms with Gasteiger partial charge in [-0.2, -0.15) is 11.8 Å². The number of esters is 1. The molecule has 0 aliphatic rings. The molecule has 0 aliphatic heterocycles. The van der Waals surface area contributed by atoms with Crippen molar-refractivity contribution in [3.05, 3.63) is 0 Å². The minimum Gasteiger partial charge on any atom is -0.454 e. The predicted octanol–water partition coefficient (Wildman–Crippen LogP) is 0.859. The Kier molecular flexibility index (Phi) is 8.23. The third kappa shape index (κ3) is 6.81. The number of thioether (sulfide) groups is 1. The first-order chi connectivity index (χ1) is 7.51. The Hall–Kier alpha value is -0.590. The molecule has 0 bridgehead atoms. The molecule has 0 rings (SSSR count). The SMILES string of the molecule is COC(CSCC(OC(C)=O)C(C)=O)OC. The van der Waals surface area contributed by atoms with E-state index in [1.54, 1.807) is 14.2 Å². The van der Waals surface area contributed by atoms with Crippen molar-refractivity contribution in [2.75, 3.05) is 25.7 Å². The van der Waals surface area contributed by atoms with Gasteiger partial charge >= 0.3 is 5.97 Å². The van der Waals surface area contributed by atoms with E-state index in [1.807, 2.05) is 0 Å². The van der Waals surface area contributed by atoms with Crippen LogP contribution in [0.4, 0.5) is 0 Å². The summed E-state index contributed by atoms with van der Waals surface area (Å²) in [4.78, 5) is 21.9. The molecule has 16 heavy (non-hydrogen) atoms. The van der Waals surface area contributed by atoms with Crippen molar-refractivity contribution in [3.63, 3.8) is 0 Å². The fraction of sp³-hybridized carbons (Fsp3) is 0.800. The van der Waals surface area contributed by atoms with Crippen molar-refractivity contribution < 1.29 is 23.8 Å². The van der Waals surface area contributed by atoms with Crippen molar-refractivity contribution in [1.29, 1.82) is 0 Å². The monoisotopic (exact) mass is 250 g/mol. The van der Waals surface area contributed by atoms with E-state index < -0.39 is 12.1 Å². The van der Waals surface area contributed by atoms with Crippen LogP contribution in [0.1, 0.15) is 13.8 Å². The van der Waals surface area contributed by atoms with Crippen molar-refractivity contribution in [3.8, 4) is 0 Å². The first-order valence-electron chi connectivity index (χ1n) is 4.82. The van der Waals surface area contributed by atoms with Gasteiger partial charge in [0.15, 0.2) is 18.2 Å².